The molecule has 27 heavy (non-hydrogen) atoms. The first kappa shape index (κ1) is 21.5. The zero-order valence-corrected chi connectivity index (χ0v) is 16.4. The average Bonchev–Trinajstić information content (AvgIpc) is 2.62. The molecule has 0 aromatic heterocycles. The molecule has 2 fully saturated rings. The van der Waals surface area contributed by atoms with Gasteiger partial charge in [0.05, 0.1) is 17.2 Å². The number of non-ortho nitro benzene ring substituents is 1. The highest BCUT2D eigenvalue weighted by molar-refractivity contribution is 7.88. The first-order chi connectivity index (χ1) is 12.4. The van der Waals surface area contributed by atoms with Crippen molar-refractivity contribution in [3.8, 4) is 0 Å². The van der Waals surface area contributed by atoms with Crippen LogP contribution in [0, 0.1) is 10.1 Å². The number of rotatable bonds is 5. The number of carbonyl (C=O) groups is 1. The maximum Gasteiger partial charge on any atom is 0.269 e. The van der Waals surface area contributed by atoms with E-state index in [4.69, 9.17) is 0 Å². The van der Waals surface area contributed by atoms with Crippen LogP contribution in [0.3, 0.4) is 0 Å². The fourth-order valence-electron chi connectivity index (χ4n) is 3.45. The Morgan fingerprint density at radius 1 is 1.22 bits per heavy atom. The molecule has 1 unspecified atom stereocenters. The predicted molar refractivity (Wildman–Crippen MR) is 102 cm³/mol. The van der Waals surface area contributed by atoms with Crippen LogP contribution in [0.2, 0.25) is 0 Å². The Labute approximate surface area is 164 Å². The molecule has 0 radical (unpaired) electrons. The van der Waals surface area contributed by atoms with E-state index in [9.17, 15) is 23.3 Å². The number of hydrogen-bond acceptors (Lipinski definition) is 6. The second kappa shape index (κ2) is 8.96. The molecule has 3 rings (SSSR count). The fourth-order valence-corrected chi connectivity index (χ4v) is 5.05. The highest BCUT2D eigenvalue weighted by atomic mass is 35.5. The Kier molecular flexibility index (Phi) is 7.15. The summed E-state index contributed by atoms with van der Waals surface area (Å²) in [4.78, 5) is 24.0. The molecule has 1 N–H and O–H groups in total. The lowest BCUT2D eigenvalue weighted by Crippen LogP contribution is -2.57. The van der Waals surface area contributed by atoms with Crippen LogP contribution in [0.5, 0.6) is 0 Å². The molecule has 2 aliphatic rings. The van der Waals surface area contributed by atoms with Gasteiger partial charge >= 0.3 is 0 Å². The Hall–Kier alpha value is -1.75. The number of nitrogens with zero attached hydrogens (tertiary/aromatic N) is 3. The van der Waals surface area contributed by atoms with Crippen molar-refractivity contribution in [3.63, 3.8) is 0 Å². The van der Waals surface area contributed by atoms with E-state index in [2.05, 4.69) is 5.32 Å². The normalized spacial score (nSPS) is 21.6. The second-order valence-electron chi connectivity index (χ2n) is 6.60. The van der Waals surface area contributed by atoms with Crippen LogP contribution in [0.4, 0.5) is 5.69 Å². The number of hydrogen-bond donors (Lipinski definition) is 1. The van der Waals surface area contributed by atoms with Crippen LogP contribution in [-0.4, -0.2) is 67.2 Å². The molecule has 0 saturated carbocycles. The summed E-state index contributed by atoms with van der Waals surface area (Å²) in [5, 5.41) is 13.7. The van der Waals surface area contributed by atoms with Gasteiger partial charge in [-0.25, -0.2) is 8.42 Å². The summed E-state index contributed by atoms with van der Waals surface area (Å²) in [5.41, 5.74) is 0.442. The molecule has 1 aromatic rings. The van der Waals surface area contributed by atoms with Crippen molar-refractivity contribution in [1.29, 1.82) is 0 Å². The van der Waals surface area contributed by atoms with E-state index < -0.39 is 14.9 Å². The van der Waals surface area contributed by atoms with Crippen molar-refractivity contribution in [1.82, 2.24) is 14.5 Å². The number of piperidine rings is 1. The average molecular weight is 419 g/mol. The number of nitro groups is 1. The molecule has 0 aliphatic carbocycles. The highest BCUT2D eigenvalue weighted by Gasteiger charge is 2.34. The molecular weight excluding hydrogens is 396 g/mol. The van der Waals surface area contributed by atoms with Crippen molar-refractivity contribution < 1.29 is 18.1 Å². The molecule has 11 heteroatoms. The van der Waals surface area contributed by atoms with Gasteiger partial charge in [0.2, 0.25) is 15.9 Å². The second-order valence-corrected chi connectivity index (χ2v) is 8.57. The predicted octanol–water partition coefficient (Wildman–Crippen LogP) is 0.743. The number of nitro benzene ring substituents is 1. The minimum absolute atomic E-state index is 0. The molecule has 0 spiro atoms. The summed E-state index contributed by atoms with van der Waals surface area (Å²) >= 11 is 0. The lowest BCUT2D eigenvalue weighted by molar-refractivity contribution is -0.384. The van der Waals surface area contributed by atoms with E-state index in [1.807, 2.05) is 0 Å². The molecule has 9 nitrogen and oxygen atoms in total. The van der Waals surface area contributed by atoms with Gasteiger partial charge in [-0.15, -0.1) is 12.4 Å². The maximum absolute atomic E-state index is 12.8. The minimum atomic E-state index is -3.55. The van der Waals surface area contributed by atoms with Gasteiger partial charge in [0.15, 0.2) is 0 Å². The summed E-state index contributed by atoms with van der Waals surface area (Å²) in [6.45, 7) is 2.36. The summed E-state index contributed by atoms with van der Waals surface area (Å²) in [5.74, 6) is -0.191. The smallest absolute Gasteiger partial charge is 0.269 e. The fraction of sp³-hybridized carbons (Fsp3) is 0.562. The minimum Gasteiger partial charge on any atom is -0.336 e. The Morgan fingerprint density at radius 3 is 2.56 bits per heavy atom. The number of nitrogens with one attached hydrogen (secondary N) is 1. The summed E-state index contributed by atoms with van der Waals surface area (Å²) in [6.07, 6.45) is 1.51. The highest BCUT2D eigenvalue weighted by Crippen LogP contribution is 2.22. The topological polar surface area (TPSA) is 113 Å². The molecule has 2 saturated heterocycles. The molecule has 1 amide bonds. The third-order valence-corrected chi connectivity index (χ3v) is 6.63. The van der Waals surface area contributed by atoms with Crippen LogP contribution in [0.15, 0.2) is 24.3 Å². The lowest BCUT2D eigenvalue weighted by atomic mass is 10.1. The Morgan fingerprint density at radius 2 is 1.93 bits per heavy atom. The van der Waals surface area contributed by atoms with E-state index in [0.717, 1.165) is 13.0 Å². The SMILES string of the molecule is Cl.O=C1CNCCN1C1CCCN(S(=O)(=O)Cc2ccc([N+](=O)[O-])cc2)C1. The van der Waals surface area contributed by atoms with Gasteiger partial charge in [0, 0.05) is 44.4 Å². The Bertz CT molecular complexity index is 787. The van der Waals surface area contributed by atoms with Crippen molar-refractivity contribution in [3.05, 3.63) is 39.9 Å². The number of carbonyl (C=O) groups excluding carboxylic acids is 1. The Balaban J connectivity index is 0.00000261. The van der Waals surface area contributed by atoms with Crippen LogP contribution in [0.1, 0.15) is 18.4 Å². The molecule has 0 bridgehead atoms. The number of halogens is 1. The van der Waals surface area contributed by atoms with E-state index >= 15 is 0 Å². The maximum atomic E-state index is 12.8. The van der Waals surface area contributed by atoms with Gasteiger partial charge in [-0.05, 0) is 18.4 Å². The van der Waals surface area contributed by atoms with E-state index in [1.54, 1.807) is 4.90 Å². The largest absolute Gasteiger partial charge is 0.336 e. The molecule has 2 heterocycles. The summed E-state index contributed by atoms with van der Waals surface area (Å²) in [7, 11) is -3.55. The zero-order chi connectivity index (χ0) is 18.7. The van der Waals surface area contributed by atoms with E-state index in [0.29, 0.717) is 38.2 Å². The van der Waals surface area contributed by atoms with Crippen molar-refractivity contribution in [2.45, 2.75) is 24.6 Å². The van der Waals surface area contributed by atoms with Crippen molar-refractivity contribution in [2.24, 2.45) is 0 Å². The van der Waals surface area contributed by atoms with E-state index in [-0.39, 0.29) is 35.8 Å². The van der Waals surface area contributed by atoms with Crippen molar-refractivity contribution >= 4 is 34.0 Å². The van der Waals surface area contributed by atoms with Crippen molar-refractivity contribution in [2.75, 3.05) is 32.7 Å². The molecule has 150 valence electrons. The van der Waals surface area contributed by atoms with Crippen LogP contribution in [0.25, 0.3) is 0 Å². The number of amides is 1. The third-order valence-electron chi connectivity index (χ3n) is 4.82. The number of sulfonamides is 1. The first-order valence-electron chi connectivity index (χ1n) is 8.58. The van der Waals surface area contributed by atoms with Gasteiger partial charge in [-0.1, -0.05) is 12.1 Å². The molecule has 2 aliphatic heterocycles. The van der Waals surface area contributed by atoms with Crippen LogP contribution >= 0.6 is 12.4 Å². The number of benzene rings is 1. The van der Waals surface area contributed by atoms with Gasteiger partial charge in [0.25, 0.3) is 5.69 Å². The zero-order valence-electron chi connectivity index (χ0n) is 14.7. The summed E-state index contributed by atoms with van der Waals surface area (Å²) in [6, 6.07) is 5.46. The van der Waals surface area contributed by atoms with Gasteiger partial charge < -0.3 is 10.2 Å². The first-order valence-corrected chi connectivity index (χ1v) is 10.2. The molecular formula is C16H23ClN4O5S. The van der Waals surface area contributed by atoms with Crippen LogP contribution in [-0.2, 0) is 20.6 Å². The van der Waals surface area contributed by atoms with Crippen LogP contribution < -0.4 is 5.32 Å². The molecule has 1 atom stereocenters. The van der Waals surface area contributed by atoms with Gasteiger partial charge in [-0.2, -0.15) is 4.31 Å². The monoisotopic (exact) mass is 418 g/mol. The molecule has 1 aromatic carbocycles. The lowest BCUT2D eigenvalue weighted by Gasteiger charge is -2.40. The summed E-state index contributed by atoms with van der Waals surface area (Å²) < 4.78 is 27.0. The van der Waals surface area contributed by atoms with Gasteiger partial charge in [0.1, 0.15) is 0 Å². The van der Waals surface area contributed by atoms with E-state index in [1.165, 1.54) is 28.6 Å². The number of piperazine rings is 1. The van der Waals surface area contributed by atoms with Gasteiger partial charge in [-0.3, -0.25) is 14.9 Å². The standard InChI is InChI=1S/C16H22N4O5S.ClH/c21-16-10-17-7-9-19(16)15-2-1-8-18(11-15)26(24,25)12-13-3-5-14(6-4-13)20(22)23;/h3-6,15,17H,1-2,7-12H2;1H. The third kappa shape index (κ3) is 5.16. The quantitative estimate of drug-likeness (QED) is 0.557.